The van der Waals surface area contributed by atoms with Gasteiger partial charge in [0.05, 0.1) is 5.56 Å². The second kappa shape index (κ2) is 5.31. The van der Waals surface area contributed by atoms with E-state index in [1.165, 1.54) is 0 Å². The van der Waals surface area contributed by atoms with Crippen LogP contribution in [0.25, 0.3) is 0 Å². The Hall–Kier alpha value is -1.59. The zero-order valence-electron chi connectivity index (χ0n) is 11.5. The summed E-state index contributed by atoms with van der Waals surface area (Å²) in [5.74, 6) is -1.10. The first kappa shape index (κ1) is 15.8. The number of alkyl halides is 3. The lowest BCUT2D eigenvalue weighted by Gasteiger charge is -2.29. The van der Waals surface area contributed by atoms with Crippen molar-refractivity contribution >= 4 is 22.2 Å². The van der Waals surface area contributed by atoms with Crippen LogP contribution >= 0.6 is 11.3 Å². The average Bonchev–Trinajstić information content (AvgIpc) is 2.96. The van der Waals surface area contributed by atoms with E-state index < -0.39 is 24.0 Å². The van der Waals surface area contributed by atoms with E-state index in [-0.39, 0.29) is 23.5 Å². The molecule has 0 saturated carbocycles. The Labute approximate surface area is 124 Å². The Morgan fingerprint density at radius 3 is 2.62 bits per heavy atom. The van der Waals surface area contributed by atoms with Gasteiger partial charge in [0.25, 0.3) is 0 Å². The molecule has 4 nitrogen and oxygen atoms in total. The molecule has 21 heavy (non-hydrogen) atoms. The van der Waals surface area contributed by atoms with Crippen LogP contribution in [0.4, 0.5) is 18.2 Å². The van der Waals surface area contributed by atoms with E-state index in [4.69, 9.17) is 5.26 Å². The number of nitriles is 1. The highest BCUT2D eigenvalue weighted by molar-refractivity contribution is 7.16. The van der Waals surface area contributed by atoms with Crippen molar-refractivity contribution in [3.05, 3.63) is 16.0 Å². The molecule has 0 bridgehead atoms. The molecule has 1 aromatic heterocycles. The second-order valence-electron chi connectivity index (χ2n) is 5.06. The van der Waals surface area contributed by atoms with E-state index in [0.29, 0.717) is 5.56 Å². The molecule has 1 aliphatic rings. The van der Waals surface area contributed by atoms with Crippen molar-refractivity contribution in [1.82, 2.24) is 5.32 Å². The van der Waals surface area contributed by atoms with Crippen molar-refractivity contribution < 1.29 is 18.0 Å². The third-order valence-electron chi connectivity index (χ3n) is 3.86. The van der Waals surface area contributed by atoms with Crippen molar-refractivity contribution in [1.29, 1.82) is 5.26 Å². The predicted octanol–water partition coefficient (Wildman–Crippen LogP) is 2.72. The number of aryl methyl sites for hydroxylation is 1. The van der Waals surface area contributed by atoms with Gasteiger partial charge in [0.15, 0.2) is 5.41 Å². The van der Waals surface area contributed by atoms with Gasteiger partial charge in [-0.3, -0.25) is 4.79 Å². The highest BCUT2D eigenvalue weighted by Gasteiger charge is 2.61. The number of hydrogen-bond donors (Lipinski definition) is 2. The van der Waals surface area contributed by atoms with Gasteiger partial charge >= 0.3 is 6.18 Å². The van der Waals surface area contributed by atoms with Crippen LogP contribution in [-0.4, -0.2) is 25.2 Å². The molecule has 0 aliphatic carbocycles. The summed E-state index contributed by atoms with van der Waals surface area (Å²) in [5.41, 5.74) is -1.51. The molecule has 1 aromatic rings. The van der Waals surface area contributed by atoms with Gasteiger partial charge < -0.3 is 10.6 Å². The predicted molar refractivity (Wildman–Crippen MR) is 73.1 cm³/mol. The molecule has 1 unspecified atom stereocenters. The Kier molecular flexibility index (Phi) is 4.00. The first-order chi connectivity index (χ1) is 9.73. The summed E-state index contributed by atoms with van der Waals surface area (Å²) in [5, 5.41) is 14.2. The van der Waals surface area contributed by atoms with E-state index in [1.54, 1.807) is 13.8 Å². The molecule has 1 amide bonds. The van der Waals surface area contributed by atoms with E-state index in [0.717, 1.165) is 16.2 Å². The van der Waals surface area contributed by atoms with Gasteiger partial charge in [0.1, 0.15) is 11.1 Å². The molecule has 114 valence electrons. The minimum atomic E-state index is -4.63. The molecule has 2 heterocycles. The molecule has 1 saturated heterocycles. The number of anilines is 1. The van der Waals surface area contributed by atoms with E-state index in [2.05, 4.69) is 10.6 Å². The maximum atomic E-state index is 13.3. The fraction of sp³-hybridized carbons (Fsp3) is 0.538. The molecular formula is C13H14F3N3OS. The first-order valence-corrected chi connectivity index (χ1v) is 7.13. The molecular weight excluding hydrogens is 303 g/mol. The number of hydrogen-bond acceptors (Lipinski definition) is 4. The highest BCUT2D eigenvalue weighted by Crippen LogP contribution is 2.44. The van der Waals surface area contributed by atoms with Crippen LogP contribution in [0.15, 0.2) is 0 Å². The minimum absolute atomic E-state index is 0.139. The van der Waals surface area contributed by atoms with Crippen LogP contribution in [0.1, 0.15) is 22.4 Å². The molecule has 8 heteroatoms. The summed E-state index contributed by atoms with van der Waals surface area (Å²) in [6, 6.07) is 1.93. The van der Waals surface area contributed by atoms with Gasteiger partial charge in [0, 0.05) is 11.4 Å². The number of amides is 1. The molecule has 1 fully saturated rings. The lowest BCUT2D eigenvalue weighted by molar-refractivity contribution is -0.213. The molecule has 1 atom stereocenters. The molecule has 1 aliphatic heterocycles. The number of thiophene rings is 1. The minimum Gasteiger partial charge on any atom is -0.316 e. The number of nitrogens with zero attached hydrogens (tertiary/aromatic N) is 1. The van der Waals surface area contributed by atoms with Gasteiger partial charge in [-0.25, -0.2) is 0 Å². The van der Waals surface area contributed by atoms with E-state index in [9.17, 15) is 18.0 Å². The van der Waals surface area contributed by atoms with Gasteiger partial charge in [0.2, 0.25) is 5.91 Å². The lowest BCUT2D eigenvalue weighted by atomic mass is 9.85. The standard InChI is InChI=1S/C13H14F3N3OS/c1-7-8(2)21-10(9(7)5-17)19-11(20)12(13(14,15)16)3-4-18-6-12/h18H,3-4,6H2,1-2H3,(H,19,20). The SMILES string of the molecule is Cc1sc(NC(=O)C2(C(F)(F)F)CCNC2)c(C#N)c1C. The van der Waals surface area contributed by atoms with Crippen molar-refractivity contribution in [2.75, 3.05) is 18.4 Å². The zero-order valence-corrected chi connectivity index (χ0v) is 12.3. The summed E-state index contributed by atoms with van der Waals surface area (Å²) in [6.45, 7) is 3.16. The number of carbonyl (C=O) groups is 1. The molecule has 0 aromatic carbocycles. The summed E-state index contributed by atoms with van der Waals surface area (Å²) in [6.07, 6.45) is -4.93. The summed E-state index contributed by atoms with van der Waals surface area (Å²) in [7, 11) is 0. The van der Waals surface area contributed by atoms with Crippen LogP contribution in [0, 0.1) is 30.6 Å². The van der Waals surface area contributed by atoms with Gasteiger partial charge in [-0.1, -0.05) is 0 Å². The Morgan fingerprint density at radius 1 is 1.48 bits per heavy atom. The topological polar surface area (TPSA) is 64.9 Å². The maximum absolute atomic E-state index is 13.3. The summed E-state index contributed by atoms with van der Waals surface area (Å²) in [4.78, 5) is 13.0. The van der Waals surface area contributed by atoms with Crippen LogP contribution < -0.4 is 10.6 Å². The maximum Gasteiger partial charge on any atom is 0.404 e. The number of halogens is 3. The van der Waals surface area contributed by atoms with Gasteiger partial charge in [-0.15, -0.1) is 11.3 Å². The Balaban J connectivity index is 2.34. The van der Waals surface area contributed by atoms with Crippen LogP contribution in [0.2, 0.25) is 0 Å². The molecule has 0 spiro atoms. The molecule has 0 radical (unpaired) electrons. The monoisotopic (exact) mass is 317 g/mol. The zero-order chi connectivity index (χ0) is 15.8. The van der Waals surface area contributed by atoms with Crippen molar-refractivity contribution in [2.24, 2.45) is 5.41 Å². The Bertz CT molecular complexity index is 609. The fourth-order valence-corrected chi connectivity index (χ4v) is 3.33. The largest absolute Gasteiger partial charge is 0.404 e. The number of rotatable bonds is 2. The average molecular weight is 317 g/mol. The molecule has 2 N–H and O–H groups in total. The smallest absolute Gasteiger partial charge is 0.316 e. The van der Waals surface area contributed by atoms with Crippen LogP contribution in [0.3, 0.4) is 0 Å². The number of nitrogens with one attached hydrogen (secondary N) is 2. The van der Waals surface area contributed by atoms with Crippen molar-refractivity contribution in [3.8, 4) is 6.07 Å². The quantitative estimate of drug-likeness (QED) is 0.881. The summed E-state index contributed by atoms with van der Waals surface area (Å²) >= 11 is 1.12. The number of carbonyl (C=O) groups excluding carboxylic acids is 1. The van der Waals surface area contributed by atoms with Crippen molar-refractivity contribution in [2.45, 2.75) is 26.4 Å². The van der Waals surface area contributed by atoms with Crippen LogP contribution in [0.5, 0.6) is 0 Å². The lowest BCUT2D eigenvalue weighted by Crippen LogP contribution is -2.49. The normalized spacial score (nSPS) is 22.1. The fourth-order valence-electron chi connectivity index (χ4n) is 2.33. The van der Waals surface area contributed by atoms with E-state index >= 15 is 0 Å². The van der Waals surface area contributed by atoms with Gasteiger partial charge in [-0.05, 0) is 32.4 Å². The third kappa shape index (κ3) is 2.51. The van der Waals surface area contributed by atoms with E-state index in [1.807, 2.05) is 6.07 Å². The second-order valence-corrected chi connectivity index (χ2v) is 6.28. The first-order valence-electron chi connectivity index (χ1n) is 6.32. The molecule has 2 rings (SSSR count). The highest BCUT2D eigenvalue weighted by atomic mass is 32.1. The third-order valence-corrected chi connectivity index (χ3v) is 4.98. The summed E-state index contributed by atoms with van der Waals surface area (Å²) < 4.78 is 39.8. The van der Waals surface area contributed by atoms with Crippen LogP contribution in [-0.2, 0) is 4.79 Å². The Morgan fingerprint density at radius 2 is 2.14 bits per heavy atom. The van der Waals surface area contributed by atoms with Crippen molar-refractivity contribution in [3.63, 3.8) is 0 Å². The van der Waals surface area contributed by atoms with Gasteiger partial charge in [-0.2, -0.15) is 18.4 Å².